The number of likely N-dealkylation sites (tertiary alicyclic amines) is 1. The molecule has 0 aromatic heterocycles. The maximum atomic E-state index is 11.1. The van der Waals surface area contributed by atoms with Gasteiger partial charge >= 0.3 is 5.97 Å². The third kappa shape index (κ3) is 4.17. The van der Waals surface area contributed by atoms with Gasteiger partial charge in [0, 0.05) is 25.9 Å². The average Bonchev–Trinajstić information content (AvgIpc) is 2.41. The van der Waals surface area contributed by atoms with E-state index in [1.807, 2.05) is 12.1 Å². The van der Waals surface area contributed by atoms with Gasteiger partial charge in [-0.15, -0.1) is 0 Å². The first-order valence-electron chi connectivity index (χ1n) is 6.71. The topological polar surface area (TPSA) is 57.6 Å². The van der Waals surface area contributed by atoms with Gasteiger partial charge in [0.25, 0.3) is 0 Å². The van der Waals surface area contributed by atoms with E-state index in [2.05, 4.69) is 4.90 Å². The fraction of sp³-hybridized carbons (Fsp3) is 0.467. The van der Waals surface area contributed by atoms with Crippen molar-refractivity contribution >= 4 is 11.8 Å². The fourth-order valence-electron chi connectivity index (χ4n) is 2.35. The van der Waals surface area contributed by atoms with Crippen molar-refractivity contribution in [3.63, 3.8) is 0 Å². The van der Waals surface area contributed by atoms with Crippen LogP contribution >= 0.6 is 0 Å². The zero-order valence-corrected chi connectivity index (χ0v) is 11.0. The summed E-state index contributed by atoms with van der Waals surface area (Å²) in [4.78, 5) is 24.2. The molecule has 1 heterocycles. The normalized spacial score (nSPS) is 16.5. The van der Waals surface area contributed by atoms with Crippen LogP contribution in [-0.2, 0) is 11.2 Å². The zero-order valence-electron chi connectivity index (χ0n) is 11.0. The molecule has 1 fully saturated rings. The van der Waals surface area contributed by atoms with Gasteiger partial charge in [0.1, 0.15) is 5.78 Å². The van der Waals surface area contributed by atoms with Gasteiger partial charge in [-0.25, -0.2) is 4.79 Å². The number of carboxylic acid groups (broad SMARTS) is 1. The lowest BCUT2D eigenvalue weighted by atomic mass is 10.1. The highest BCUT2D eigenvalue weighted by molar-refractivity contribution is 5.87. The van der Waals surface area contributed by atoms with E-state index in [1.165, 1.54) is 0 Å². The van der Waals surface area contributed by atoms with Crippen LogP contribution in [0, 0.1) is 0 Å². The average molecular weight is 261 g/mol. The molecule has 1 aromatic carbocycles. The highest BCUT2D eigenvalue weighted by Gasteiger charge is 2.15. The molecule has 1 aliphatic rings. The number of nitrogens with zero attached hydrogens (tertiary/aromatic N) is 1. The van der Waals surface area contributed by atoms with Crippen molar-refractivity contribution in [2.24, 2.45) is 0 Å². The molecule has 0 atom stereocenters. The molecule has 2 rings (SSSR count). The summed E-state index contributed by atoms with van der Waals surface area (Å²) in [7, 11) is 0. The van der Waals surface area contributed by atoms with Crippen molar-refractivity contribution in [1.29, 1.82) is 0 Å². The minimum absolute atomic E-state index is 0.332. The minimum atomic E-state index is -0.885. The summed E-state index contributed by atoms with van der Waals surface area (Å²) < 4.78 is 0. The SMILES string of the molecule is O=C1CCN(CCCc2ccc(C(=O)O)cc2)CC1. The Bertz CT molecular complexity index is 443. The predicted octanol–water partition coefficient (Wildman–Crippen LogP) is 1.98. The number of Topliss-reactive ketones (excluding diaryl/α,β-unsaturated/α-hetero) is 1. The third-order valence-electron chi connectivity index (χ3n) is 3.55. The van der Waals surface area contributed by atoms with Gasteiger partial charge in [-0.3, -0.25) is 4.79 Å². The van der Waals surface area contributed by atoms with Gasteiger partial charge in [0.15, 0.2) is 0 Å². The summed E-state index contributed by atoms with van der Waals surface area (Å²) in [6, 6.07) is 7.06. The molecule has 1 aliphatic heterocycles. The Morgan fingerprint density at radius 3 is 2.37 bits per heavy atom. The van der Waals surface area contributed by atoms with Crippen LogP contribution in [-0.4, -0.2) is 41.4 Å². The van der Waals surface area contributed by atoms with E-state index in [-0.39, 0.29) is 0 Å². The van der Waals surface area contributed by atoms with E-state index in [0.717, 1.165) is 38.0 Å². The highest BCUT2D eigenvalue weighted by Crippen LogP contribution is 2.10. The second-order valence-electron chi connectivity index (χ2n) is 4.99. The van der Waals surface area contributed by atoms with Crippen LogP contribution in [0.3, 0.4) is 0 Å². The van der Waals surface area contributed by atoms with E-state index < -0.39 is 5.97 Å². The third-order valence-corrected chi connectivity index (χ3v) is 3.55. The molecule has 0 unspecified atom stereocenters. The van der Waals surface area contributed by atoms with Gasteiger partial charge in [0.2, 0.25) is 0 Å². The van der Waals surface area contributed by atoms with E-state index >= 15 is 0 Å². The molecule has 0 saturated carbocycles. The van der Waals surface area contributed by atoms with Crippen molar-refractivity contribution in [3.8, 4) is 0 Å². The smallest absolute Gasteiger partial charge is 0.335 e. The van der Waals surface area contributed by atoms with Crippen molar-refractivity contribution in [3.05, 3.63) is 35.4 Å². The van der Waals surface area contributed by atoms with Gasteiger partial charge < -0.3 is 10.0 Å². The maximum Gasteiger partial charge on any atom is 0.335 e. The number of carbonyl (C=O) groups is 2. The predicted molar refractivity (Wildman–Crippen MR) is 72.4 cm³/mol. The van der Waals surface area contributed by atoms with E-state index in [4.69, 9.17) is 5.11 Å². The molecule has 102 valence electrons. The van der Waals surface area contributed by atoms with Gasteiger partial charge in [0.05, 0.1) is 5.56 Å². The first kappa shape index (κ1) is 13.7. The number of hydrogen-bond acceptors (Lipinski definition) is 3. The van der Waals surface area contributed by atoms with Gasteiger partial charge in [-0.1, -0.05) is 12.1 Å². The Hall–Kier alpha value is -1.68. The molecule has 4 heteroatoms. The number of carboxylic acids is 1. The first-order valence-corrected chi connectivity index (χ1v) is 6.71. The minimum Gasteiger partial charge on any atom is -0.478 e. The molecule has 0 aliphatic carbocycles. The van der Waals surface area contributed by atoms with Crippen LogP contribution in [0.5, 0.6) is 0 Å². The lowest BCUT2D eigenvalue weighted by Crippen LogP contribution is -2.34. The Labute approximate surface area is 113 Å². The van der Waals surface area contributed by atoms with E-state index in [9.17, 15) is 9.59 Å². The second-order valence-corrected chi connectivity index (χ2v) is 4.99. The zero-order chi connectivity index (χ0) is 13.7. The summed E-state index contributed by atoms with van der Waals surface area (Å²) in [5.41, 5.74) is 1.50. The summed E-state index contributed by atoms with van der Waals surface area (Å²) in [5.74, 6) is -0.509. The van der Waals surface area contributed by atoms with Gasteiger partial charge in [-0.05, 0) is 37.1 Å². The quantitative estimate of drug-likeness (QED) is 0.880. The monoisotopic (exact) mass is 261 g/mol. The molecule has 1 N–H and O–H groups in total. The first-order chi connectivity index (χ1) is 9.15. The number of rotatable bonds is 5. The molecular weight excluding hydrogens is 242 g/mol. The molecule has 0 bridgehead atoms. The lowest BCUT2D eigenvalue weighted by Gasteiger charge is -2.25. The molecular formula is C15H19NO3. The van der Waals surface area contributed by atoms with Crippen LogP contribution in [0.15, 0.2) is 24.3 Å². The van der Waals surface area contributed by atoms with Crippen LogP contribution in [0.25, 0.3) is 0 Å². The van der Waals surface area contributed by atoms with Crippen LogP contribution in [0.2, 0.25) is 0 Å². The molecule has 0 amide bonds. The Morgan fingerprint density at radius 1 is 1.16 bits per heavy atom. The van der Waals surface area contributed by atoms with Crippen molar-refractivity contribution < 1.29 is 14.7 Å². The fourth-order valence-corrected chi connectivity index (χ4v) is 2.35. The van der Waals surface area contributed by atoms with Crippen molar-refractivity contribution in [2.45, 2.75) is 25.7 Å². The number of ketones is 1. The molecule has 0 spiro atoms. The number of aryl methyl sites for hydroxylation is 1. The summed E-state index contributed by atoms with van der Waals surface area (Å²) in [5, 5.41) is 8.81. The van der Waals surface area contributed by atoms with Crippen LogP contribution in [0.4, 0.5) is 0 Å². The molecule has 1 saturated heterocycles. The summed E-state index contributed by atoms with van der Waals surface area (Å²) >= 11 is 0. The molecule has 0 radical (unpaired) electrons. The number of carbonyl (C=O) groups excluding carboxylic acids is 1. The maximum absolute atomic E-state index is 11.1. The van der Waals surface area contributed by atoms with Crippen LogP contribution in [0.1, 0.15) is 35.2 Å². The number of aromatic carboxylic acids is 1. The van der Waals surface area contributed by atoms with Crippen molar-refractivity contribution in [1.82, 2.24) is 4.90 Å². The largest absolute Gasteiger partial charge is 0.478 e. The standard InChI is InChI=1S/C15H19NO3/c17-14-7-10-16(11-8-14)9-1-2-12-3-5-13(6-4-12)15(18)19/h3-6H,1-2,7-11H2,(H,18,19). The summed E-state index contributed by atoms with van der Waals surface area (Å²) in [6.07, 6.45) is 3.37. The lowest BCUT2D eigenvalue weighted by molar-refractivity contribution is -0.121. The number of piperidine rings is 1. The highest BCUT2D eigenvalue weighted by atomic mass is 16.4. The number of benzene rings is 1. The van der Waals surface area contributed by atoms with Crippen LogP contribution < -0.4 is 0 Å². The Kier molecular flexibility index (Phi) is 4.68. The van der Waals surface area contributed by atoms with E-state index in [0.29, 0.717) is 24.2 Å². The molecule has 1 aromatic rings. The van der Waals surface area contributed by atoms with E-state index in [1.54, 1.807) is 12.1 Å². The molecule has 4 nitrogen and oxygen atoms in total. The second kappa shape index (κ2) is 6.48. The van der Waals surface area contributed by atoms with Crippen molar-refractivity contribution in [2.75, 3.05) is 19.6 Å². The van der Waals surface area contributed by atoms with Gasteiger partial charge in [-0.2, -0.15) is 0 Å². The Balaban J connectivity index is 1.73. The number of hydrogen-bond donors (Lipinski definition) is 1. The molecule has 19 heavy (non-hydrogen) atoms. The summed E-state index contributed by atoms with van der Waals surface area (Å²) in [6.45, 7) is 2.78. The Morgan fingerprint density at radius 2 is 1.79 bits per heavy atom.